The number of amides is 1. The van der Waals surface area contributed by atoms with Crippen LogP contribution in [0.25, 0.3) is 0 Å². The van der Waals surface area contributed by atoms with E-state index in [1.807, 2.05) is 18.7 Å². The average molecular weight is 196 g/mol. The van der Waals surface area contributed by atoms with Crippen LogP contribution in [0.3, 0.4) is 0 Å². The van der Waals surface area contributed by atoms with Gasteiger partial charge in [-0.3, -0.25) is 4.79 Å². The highest BCUT2D eigenvalue weighted by atomic mass is 16.2. The molecule has 0 radical (unpaired) electrons. The average Bonchev–Trinajstić information content (AvgIpc) is 2.19. The number of hydrogen-bond acceptors (Lipinski definition) is 2. The number of rotatable bonds is 7. The second kappa shape index (κ2) is 8.58. The molecule has 1 amide bonds. The Morgan fingerprint density at radius 2 is 2.00 bits per heavy atom. The molecule has 14 heavy (non-hydrogen) atoms. The molecule has 0 atom stereocenters. The van der Waals surface area contributed by atoms with Crippen LogP contribution >= 0.6 is 0 Å². The lowest BCUT2D eigenvalue weighted by atomic mass is 10.3. The van der Waals surface area contributed by atoms with Crippen molar-refractivity contribution >= 4 is 5.91 Å². The van der Waals surface area contributed by atoms with E-state index in [9.17, 15) is 4.79 Å². The van der Waals surface area contributed by atoms with Gasteiger partial charge in [0.15, 0.2) is 0 Å². The minimum atomic E-state index is 0.211. The number of carbonyl (C=O) groups excluding carboxylic acids is 1. The Morgan fingerprint density at radius 3 is 2.50 bits per heavy atom. The van der Waals surface area contributed by atoms with Crippen LogP contribution in [0.1, 0.15) is 26.7 Å². The number of nitrogens with zero attached hydrogens (tertiary/aromatic N) is 1. The van der Waals surface area contributed by atoms with E-state index in [0.29, 0.717) is 6.42 Å². The molecule has 0 spiro atoms. The SMILES string of the molecule is C#CCCNCCC(=O)N(CC)CC. The zero-order valence-electron chi connectivity index (χ0n) is 9.18. The van der Waals surface area contributed by atoms with Gasteiger partial charge < -0.3 is 10.2 Å². The van der Waals surface area contributed by atoms with E-state index >= 15 is 0 Å². The first-order chi connectivity index (χ1) is 6.76. The third-order valence-electron chi connectivity index (χ3n) is 2.08. The van der Waals surface area contributed by atoms with Crippen LogP contribution in [0.2, 0.25) is 0 Å². The molecule has 0 saturated heterocycles. The standard InChI is InChI=1S/C11H20N2O/c1-4-7-9-12-10-8-11(14)13(5-2)6-3/h1,12H,5-10H2,2-3H3. The molecular formula is C11H20N2O. The number of terminal acetylenes is 1. The Hall–Kier alpha value is -1.01. The molecule has 1 N–H and O–H groups in total. The minimum absolute atomic E-state index is 0.211. The van der Waals surface area contributed by atoms with Gasteiger partial charge in [0.25, 0.3) is 0 Å². The third-order valence-corrected chi connectivity index (χ3v) is 2.08. The van der Waals surface area contributed by atoms with Crippen LogP contribution < -0.4 is 5.32 Å². The molecule has 0 rings (SSSR count). The summed E-state index contributed by atoms with van der Waals surface area (Å²) in [5.74, 6) is 2.75. The van der Waals surface area contributed by atoms with Crippen LogP contribution in [-0.4, -0.2) is 37.0 Å². The van der Waals surface area contributed by atoms with E-state index < -0.39 is 0 Å². The van der Waals surface area contributed by atoms with Crippen molar-refractivity contribution in [3.05, 3.63) is 0 Å². The molecular weight excluding hydrogens is 176 g/mol. The number of nitrogens with one attached hydrogen (secondary N) is 1. The summed E-state index contributed by atoms with van der Waals surface area (Å²) in [6.45, 7) is 7.08. The Morgan fingerprint density at radius 1 is 1.36 bits per heavy atom. The molecule has 0 aliphatic carbocycles. The summed E-state index contributed by atoms with van der Waals surface area (Å²) in [4.78, 5) is 13.3. The van der Waals surface area contributed by atoms with Crippen LogP contribution in [0.5, 0.6) is 0 Å². The summed E-state index contributed by atoms with van der Waals surface area (Å²) in [5, 5.41) is 3.13. The predicted molar refractivity (Wildman–Crippen MR) is 58.9 cm³/mol. The normalized spacial score (nSPS) is 9.50. The Bertz CT molecular complexity index is 192. The second-order valence-corrected chi connectivity index (χ2v) is 3.02. The van der Waals surface area contributed by atoms with E-state index in [2.05, 4.69) is 11.2 Å². The van der Waals surface area contributed by atoms with Gasteiger partial charge in [-0.05, 0) is 13.8 Å². The van der Waals surface area contributed by atoms with Crippen molar-refractivity contribution in [2.24, 2.45) is 0 Å². The van der Waals surface area contributed by atoms with Crippen molar-refractivity contribution < 1.29 is 4.79 Å². The maximum atomic E-state index is 11.5. The van der Waals surface area contributed by atoms with Gasteiger partial charge in [-0.25, -0.2) is 0 Å². The number of hydrogen-bond donors (Lipinski definition) is 1. The smallest absolute Gasteiger partial charge is 0.223 e. The van der Waals surface area contributed by atoms with Crippen molar-refractivity contribution in [3.8, 4) is 12.3 Å². The van der Waals surface area contributed by atoms with Gasteiger partial charge >= 0.3 is 0 Å². The summed E-state index contributed by atoms with van der Waals surface area (Å²) >= 11 is 0. The Balaban J connectivity index is 3.48. The maximum Gasteiger partial charge on any atom is 0.223 e. The zero-order valence-corrected chi connectivity index (χ0v) is 9.18. The minimum Gasteiger partial charge on any atom is -0.343 e. The molecule has 0 aliphatic rings. The summed E-state index contributed by atoms with van der Waals surface area (Å²) in [6, 6.07) is 0. The first-order valence-electron chi connectivity index (χ1n) is 5.18. The molecule has 0 aromatic rings. The Labute approximate surface area is 86.9 Å². The fourth-order valence-electron chi connectivity index (χ4n) is 1.22. The van der Waals surface area contributed by atoms with Gasteiger partial charge in [0, 0.05) is 39.0 Å². The highest BCUT2D eigenvalue weighted by Crippen LogP contribution is 1.92. The summed E-state index contributed by atoms with van der Waals surface area (Å²) in [7, 11) is 0. The predicted octanol–water partition coefficient (Wildman–Crippen LogP) is 0.858. The fourth-order valence-corrected chi connectivity index (χ4v) is 1.22. The summed E-state index contributed by atoms with van der Waals surface area (Å²) in [6.07, 6.45) is 6.38. The van der Waals surface area contributed by atoms with Crippen molar-refractivity contribution in [1.29, 1.82) is 0 Å². The van der Waals surface area contributed by atoms with Gasteiger partial charge in [0.05, 0.1) is 0 Å². The number of carbonyl (C=O) groups is 1. The van der Waals surface area contributed by atoms with Crippen molar-refractivity contribution in [1.82, 2.24) is 10.2 Å². The van der Waals surface area contributed by atoms with Gasteiger partial charge in [-0.1, -0.05) is 0 Å². The molecule has 0 bridgehead atoms. The topological polar surface area (TPSA) is 32.3 Å². The molecule has 0 aromatic heterocycles. The van der Waals surface area contributed by atoms with Crippen molar-refractivity contribution in [2.45, 2.75) is 26.7 Å². The van der Waals surface area contributed by atoms with Crippen LogP contribution in [0.4, 0.5) is 0 Å². The Kier molecular flexibility index (Phi) is 7.96. The van der Waals surface area contributed by atoms with E-state index in [-0.39, 0.29) is 5.91 Å². The van der Waals surface area contributed by atoms with E-state index in [1.165, 1.54) is 0 Å². The molecule has 80 valence electrons. The molecule has 0 saturated carbocycles. The van der Waals surface area contributed by atoms with Gasteiger partial charge in [-0.2, -0.15) is 0 Å². The lowest BCUT2D eigenvalue weighted by Crippen LogP contribution is -2.33. The van der Waals surface area contributed by atoms with Crippen molar-refractivity contribution in [3.63, 3.8) is 0 Å². The van der Waals surface area contributed by atoms with Gasteiger partial charge in [0.1, 0.15) is 0 Å². The van der Waals surface area contributed by atoms with E-state index in [0.717, 1.165) is 32.6 Å². The first-order valence-corrected chi connectivity index (χ1v) is 5.18. The lowest BCUT2D eigenvalue weighted by Gasteiger charge is -2.18. The molecule has 0 aromatic carbocycles. The molecule has 0 heterocycles. The molecule has 0 unspecified atom stereocenters. The van der Waals surface area contributed by atoms with Crippen LogP contribution in [0, 0.1) is 12.3 Å². The summed E-state index contributed by atoms with van der Waals surface area (Å²) in [5.41, 5.74) is 0. The molecule has 3 heteroatoms. The van der Waals surface area contributed by atoms with Gasteiger partial charge in [0.2, 0.25) is 5.91 Å². The van der Waals surface area contributed by atoms with Crippen LogP contribution in [0.15, 0.2) is 0 Å². The fraction of sp³-hybridized carbons (Fsp3) is 0.727. The zero-order chi connectivity index (χ0) is 10.8. The second-order valence-electron chi connectivity index (χ2n) is 3.02. The van der Waals surface area contributed by atoms with E-state index in [1.54, 1.807) is 0 Å². The maximum absolute atomic E-state index is 11.5. The third kappa shape index (κ3) is 5.60. The first kappa shape index (κ1) is 13.0. The highest BCUT2D eigenvalue weighted by Gasteiger charge is 2.07. The lowest BCUT2D eigenvalue weighted by molar-refractivity contribution is -0.130. The van der Waals surface area contributed by atoms with Crippen molar-refractivity contribution in [2.75, 3.05) is 26.2 Å². The quantitative estimate of drug-likeness (QED) is 0.484. The van der Waals surface area contributed by atoms with Gasteiger partial charge in [-0.15, -0.1) is 12.3 Å². The van der Waals surface area contributed by atoms with E-state index in [4.69, 9.17) is 6.42 Å². The molecule has 3 nitrogen and oxygen atoms in total. The van der Waals surface area contributed by atoms with Crippen LogP contribution in [-0.2, 0) is 4.79 Å². The summed E-state index contributed by atoms with van der Waals surface area (Å²) < 4.78 is 0. The highest BCUT2D eigenvalue weighted by molar-refractivity contribution is 5.76. The molecule has 0 fully saturated rings. The monoisotopic (exact) mass is 196 g/mol. The molecule has 0 aliphatic heterocycles. The largest absolute Gasteiger partial charge is 0.343 e.